The Morgan fingerprint density at radius 3 is 1.11 bits per heavy atom. The van der Waals surface area contributed by atoms with Crippen LogP contribution < -0.4 is 32.4 Å². The molecule has 0 radical (unpaired) electrons. The van der Waals surface area contributed by atoms with Gasteiger partial charge >= 0.3 is 24.0 Å². The second-order valence-corrected chi connectivity index (χ2v) is 19.1. The first-order valence-corrected chi connectivity index (χ1v) is 24.8. The van der Waals surface area contributed by atoms with Crippen LogP contribution in [0.1, 0.15) is 180 Å². The van der Waals surface area contributed by atoms with Crippen LogP contribution >= 0.6 is 21.6 Å². The van der Waals surface area contributed by atoms with Gasteiger partial charge in [-0.3, -0.25) is 30.2 Å². The van der Waals surface area contributed by atoms with Gasteiger partial charge in [-0.05, 0) is 39.5 Å². The number of aryl methyl sites for hydroxylation is 2. The van der Waals surface area contributed by atoms with Gasteiger partial charge < -0.3 is 20.1 Å². The Balaban J connectivity index is 1.95. The number of H-pyrrole nitrogens is 2. The lowest BCUT2D eigenvalue weighted by molar-refractivity contribution is -0.144. The summed E-state index contributed by atoms with van der Waals surface area (Å²) in [5, 5.41) is 10.0. The summed E-state index contributed by atoms with van der Waals surface area (Å²) in [7, 11) is 3.69. The highest BCUT2D eigenvalue weighted by molar-refractivity contribution is 8.78. The number of aromatic amines is 2. The molecule has 350 valence electrons. The van der Waals surface area contributed by atoms with Gasteiger partial charge in [0.2, 0.25) is 11.9 Å². The molecule has 2 atom stereocenters. The number of methoxy groups -OCH3 is 2. The summed E-state index contributed by atoms with van der Waals surface area (Å²) in [5.41, 5.74) is 0.161. The fraction of sp³-hybridized carbons (Fsp3) is 0.727. The van der Waals surface area contributed by atoms with Gasteiger partial charge in [0, 0.05) is 23.5 Å². The number of hydrogen-bond acceptors (Lipinski definition) is 12. The Bertz CT molecular complexity index is 1640. The van der Waals surface area contributed by atoms with Crippen molar-refractivity contribution in [2.24, 2.45) is 0 Å². The highest BCUT2D eigenvalue weighted by Crippen LogP contribution is 2.43. The van der Waals surface area contributed by atoms with Crippen molar-refractivity contribution in [3.05, 3.63) is 44.2 Å². The molecule has 0 bridgehead atoms. The summed E-state index contributed by atoms with van der Waals surface area (Å²) in [4.78, 5) is 87.6. The lowest BCUT2D eigenvalue weighted by Gasteiger charge is -2.32. The van der Waals surface area contributed by atoms with Crippen LogP contribution in [-0.4, -0.2) is 67.9 Å². The minimum absolute atomic E-state index is 0.106. The lowest BCUT2D eigenvalue weighted by atomic mass is 10.0. The number of carbonyl (C=O) groups excluding carboxylic acids is 4. The third kappa shape index (κ3) is 22.3. The normalized spacial score (nSPS) is 13.1. The van der Waals surface area contributed by atoms with Gasteiger partial charge in [0.1, 0.15) is 0 Å². The van der Waals surface area contributed by atoms with E-state index in [1.165, 1.54) is 129 Å². The standard InChI is InChI=1S/C44H74N8O8S2/c1-7-9-11-13-15-17-19-21-23-25-27-29-33-31-35(53)47-39(45-33)49-41(57)51-43(3,37(55)59-5)61-62-44(4,38(56)60-6)52-42(58)50-40-46-34(32-36(54)48-40)30-28-26-24-22-20-18-16-14-12-10-8-2/h31-32H,7-30H2,1-6H3,(H3,45,47,49,51,53,57)(H3,46,48,50,52,54,58)/t43-,44+. The minimum atomic E-state index is -1.83. The van der Waals surface area contributed by atoms with Crippen LogP contribution in [0.25, 0.3) is 0 Å². The summed E-state index contributed by atoms with van der Waals surface area (Å²) in [6.07, 6.45) is 27.3. The maximum atomic E-state index is 13.2. The highest BCUT2D eigenvalue weighted by Gasteiger charge is 2.45. The van der Waals surface area contributed by atoms with E-state index in [1.54, 1.807) is 0 Å². The van der Waals surface area contributed by atoms with Gasteiger partial charge in [0.05, 0.1) is 14.2 Å². The molecule has 0 fully saturated rings. The minimum Gasteiger partial charge on any atom is -0.467 e. The van der Waals surface area contributed by atoms with E-state index in [9.17, 15) is 28.8 Å². The third-order valence-corrected chi connectivity index (χ3v) is 13.9. The van der Waals surface area contributed by atoms with Crippen LogP contribution in [0.4, 0.5) is 21.5 Å². The van der Waals surface area contributed by atoms with Crippen LogP contribution in [0.15, 0.2) is 21.7 Å². The topological polar surface area (TPSA) is 226 Å². The zero-order valence-corrected chi connectivity index (χ0v) is 39.7. The Morgan fingerprint density at radius 1 is 0.532 bits per heavy atom. The van der Waals surface area contributed by atoms with Gasteiger partial charge in [-0.15, -0.1) is 0 Å². The predicted molar refractivity (Wildman–Crippen MR) is 250 cm³/mol. The quantitative estimate of drug-likeness (QED) is 0.0170. The number of hydrogen-bond donors (Lipinski definition) is 6. The average molecular weight is 907 g/mol. The van der Waals surface area contributed by atoms with Gasteiger partial charge in [-0.2, -0.15) is 0 Å². The Kier molecular flexibility index (Phi) is 26.9. The number of anilines is 2. The zero-order chi connectivity index (χ0) is 45.6. The second-order valence-electron chi connectivity index (χ2n) is 16.1. The lowest BCUT2D eigenvalue weighted by Crippen LogP contribution is -2.54. The van der Waals surface area contributed by atoms with Crippen molar-refractivity contribution >= 4 is 57.5 Å². The first-order chi connectivity index (χ1) is 29.8. The second kappa shape index (κ2) is 30.9. The van der Waals surface area contributed by atoms with Crippen molar-refractivity contribution in [2.75, 3.05) is 24.9 Å². The number of aromatic nitrogens is 4. The van der Waals surface area contributed by atoms with Crippen molar-refractivity contribution in [3.8, 4) is 0 Å². The van der Waals surface area contributed by atoms with Crippen LogP contribution in [0.3, 0.4) is 0 Å². The van der Waals surface area contributed by atoms with Gasteiger partial charge in [-0.25, -0.2) is 29.1 Å². The monoisotopic (exact) mass is 907 g/mol. The van der Waals surface area contributed by atoms with E-state index >= 15 is 0 Å². The molecule has 2 rings (SSSR count). The average Bonchev–Trinajstić information content (AvgIpc) is 3.22. The number of rotatable bonds is 33. The molecule has 16 nitrogen and oxygen atoms in total. The van der Waals surface area contributed by atoms with E-state index in [0.29, 0.717) is 45.8 Å². The fourth-order valence-electron chi connectivity index (χ4n) is 6.81. The fourth-order valence-corrected chi connectivity index (χ4v) is 9.37. The molecule has 0 aromatic carbocycles. The van der Waals surface area contributed by atoms with Gasteiger partial charge in [0.15, 0.2) is 9.74 Å². The molecule has 0 saturated heterocycles. The number of amides is 4. The molecule has 0 saturated carbocycles. The summed E-state index contributed by atoms with van der Waals surface area (Å²) < 4.78 is 9.94. The zero-order valence-electron chi connectivity index (χ0n) is 38.1. The van der Waals surface area contributed by atoms with Crippen molar-refractivity contribution in [2.45, 2.75) is 192 Å². The first-order valence-electron chi connectivity index (χ1n) is 22.7. The number of nitrogens with zero attached hydrogens (tertiary/aromatic N) is 2. The molecule has 0 spiro atoms. The molecule has 18 heteroatoms. The van der Waals surface area contributed by atoms with Gasteiger partial charge in [-0.1, -0.05) is 164 Å². The Labute approximate surface area is 376 Å². The van der Waals surface area contributed by atoms with E-state index in [2.05, 4.69) is 55.1 Å². The number of esters is 2. The molecular formula is C44H74N8O8S2. The summed E-state index contributed by atoms with van der Waals surface area (Å²) in [5.74, 6) is -1.98. The maximum Gasteiger partial charge on any atom is 0.342 e. The molecule has 2 aromatic heterocycles. The summed E-state index contributed by atoms with van der Waals surface area (Å²) in [6, 6.07) is 1.00. The van der Waals surface area contributed by atoms with E-state index in [4.69, 9.17) is 9.47 Å². The van der Waals surface area contributed by atoms with E-state index < -0.39 is 44.9 Å². The first kappa shape index (κ1) is 54.1. The van der Waals surface area contributed by atoms with E-state index in [0.717, 1.165) is 52.7 Å². The maximum absolute atomic E-state index is 13.2. The van der Waals surface area contributed by atoms with Crippen LogP contribution in [-0.2, 0) is 31.9 Å². The Morgan fingerprint density at radius 2 is 0.823 bits per heavy atom. The molecule has 0 aliphatic heterocycles. The van der Waals surface area contributed by atoms with Crippen molar-refractivity contribution in [3.63, 3.8) is 0 Å². The van der Waals surface area contributed by atoms with Gasteiger partial charge in [0.25, 0.3) is 11.1 Å². The van der Waals surface area contributed by atoms with E-state index in [1.807, 2.05) is 0 Å². The smallest absolute Gasteiger partial charge is 0.342 e. The van der Waals surface area contributed by atoms with Crippen molar-refractivity contribution in [1.29, 1.82) is 0 Å². The largest absolute Gasteiger partial charge is 0.467 e. The number of unbranched alkanes of at least 4 members (excludes halogenated alkanes) is 20. The number of urea groups is 2. The summed E-state index contributed by atoms with van der Waals surface area (Å²) >= 11 is 0. The molecule has 2 heterocycles. The third-order valence-electron chi connectivity index (χ3n) is 10.4. The Hall–Kier alpha value is -4.06. The molecule has 0 aliphatic carbocycles. The highest BCUT2D eigenvalue weighted by atomic mass is 33.1. The number of nitrogens with one attached hydrogen (secondary N) is 6. The van der Waals surface area contributed by atoms with Crippen LogP contribution in [0.2, 0.25) is 0 Å². The number of ether oxygens (including phenoxy) is 2. The molecule has 62 heavy (non-hydrogen) atoms. The van der Waals surface area contributed by atoms with Crippen LogP contribution in [0, 0.1) is 0 Å². The van der Waals surface area contributed by atoms with Crippen molar-refractivity contribution in [1.82, 2.24) is 30.6 Å². The molecule has 0 aliphatic rings. The summed E-state index contributed by atoms with van der Waals surface area (Å²) in [6.45, 7) is 7.14. The molecular weight excluding hydrogens is 833 g/mol. The predicted octanol–water partition coefficient (Wildman–Crippen LogP) is 9.66. The molecule has 4 amide bonds. The molecule has 6 N–H and O–H groups in total. The number of carbonyl (C=O) groups is 4. The molecule has 2 aromatic rings. The van der Waals surface area contributed by atoms with Crippen LogP contribution in [0.5, 0.6) is 0 Å². The van der Waals surface area contributed by atoms with E-state index in [-0.39, 0.29) is 11.9 Å². The molecule has 0 unspecified atom stereocenters. The SMILES string of the molecule is CCCCCCCCCCCCCc1cc(=O)[nH]c(NC(=O)N[C@@](C)(SS[C@@](C)(NC(=O)Nc2nc(CCCCCCCCCCCCC)cc(=O)[nH]2)C(=O)OC)C(=O)OC)n1. The van der Waals surface area contributed by atoms with Crippen molar-refractivity contribution < 1.29 is 28.7 Å².